The van der Waals surface area contributed by atoms with E-state index in [-0.39, 0.29) is 11.9 Å². The Balaban J connectivity index is 1.97. The van der Waals surface area contributed by atoms with Crippen LogP contribution in [0.3, 0.4) is 0 Å². The Bertz CT molecular complexity index is 408. The van der Waals surface area contributed by atoms with Crippen LogP contribution in [0.5, 0.6) is 0 Å². The summed E-state index contributed by atoms with van der Waals surface area (Å²) in [4.78, 5) is 18.4. The molecule has 1 aliphatic carbocycles. The molecule has 0 unspecified atom stereocenters. The number of aromatic nitrogens is 1. The number of carbonyl (C=O) groups is 1. The van der Waals surface area contributed by atoms with E-state index < -0.39 is 0 Å². The van der Waals surface area contributed by atoms with Gasteiger partial charge in [0.15, 0.2) is 0 Å². The number of amides is 1. The fraction of sp³-hybridized carbons (Fsp3) is 0.571. The van der Waals surface area contributed by atoms with Crippen LogP contribution in [-0.4, -0.2) is 39.9 Å². The highest BCUT2D eigenvalue weighted by Crippen LogP contribution is 2.29. The van der Waals surface area contributed by atoms with Crippen LogP contribution < -0.4 is 5.73 Å². The number of nitrogens with two attached hydrogens (primary N) is 1. The number of hydrogen-bond acceptors (Lipinski definition) is 4. The van der Waals surface area contributed by atoms with Gasteiger partial charge in [0, 0.05) is 25.0 Å². The van der Waals surface area contributed by atoms with E-state index in [0.717, 1.165) is 30.6 Å². The maximum atomic E-state index is 12.4. The summed E-state index contributed by atoms with van der Waals surface area (Å²) in [6, 6.07) is 3.93. The van der Waals surface area contributed by atoms with Crippen LogP contribution in [0, 0.1) is 0 Å². The summed E-state index contributed by atoms with van der Waals surface area (Å²) in [7, 11) is 0. The molecule has 1 aromatic rings. The van der Waals surface area contributed by atoms with Gasteiger partial charge in [0.25, 0.3) is 0 Å². The van der Waals surface area contributed by atoms with Gasteiger partial charge in [0.05, 0.1) is 6.04 Å². The third kappa shape index (κ3) is 4.21. The molecule has 104 valence electrons. The molecule has 0 radical (unpaired) electrons. The maximum Gasteiger partial charge on any atom is 0.240 e. The van der Waals surface area contributed by atoms with E-state index >= 15 is 0 Å². The minimum Gasteiger partial charge on any atom is -0.334 e. The molecule has 1 amide bonds. The first kappa shape index (κ1) is 14.3. The van der Waals surface area contributed by atoms with Crippen molar-refractivity contribution in [3.05, 3.63) is 30.1 Å². The van der Waals surface area contributed by atoms with Gasteiger partial charge in [-0.3, -0.25) is 9.78 Å². The van der Waals surface area contributed by atoms with Gasteiger partial charge in [-0.2, -0.15) is 11.8 Å². The van der Waals surface area contributed by atoms with E-state index in [1.54, 1.807) is 24.2 Å². The molecule has 1 aromatic heterocycles. The van der Waals surface area contributed by atoms with E-state index in [9.17, 15) is 4.79 Å². The molecular weight excluding hydrogens is 258 g/mol. The normalized spacial score (nSPS) is 16.1. The highest BCUT2D eigenvalue weighted by molar-refractivity contribution is 7.98. The Hall–Kier alpha value is -1.07. The lowest BCUT2D eigenvalue weighted by atomic mass is 10.2. The van der Waals surface area contributed by atoms with Crippen molar-refractivity contribution in [2.24, 2.45) is 5.73 Å². The van der Waals surface area contributed by atoms with Crippen LogP contribution in [0.4, 0.5) is 0 Å². The lowest BCUT2D eigenvalue weighted by Gasteiger charge is -2.25. The van der Waals surface area contributed by atoms with Crippen molar-refractivity contribution in [1.82, 2.24) is 9.88 Å². The van der Waals surface area contributed by atoms with Crippen molar-refractivity contribution in [2.45, 2.75) is 37.9 Å². The van der Waals surface area contributed by atoms with E-state index in [2.05, 4.69) is 4.98 Å². The van der Waals surface area contributed by atoms with Crippen molar-refractivity contribution in [3.63, 3.8) is 0 Å². The zero-order chi connectivity index (χ0) is 13.7. The SMILES string of the molecule is CSCC[C@@H](N)C(=O)N(Cc1ccncc1)C1CC1. The number of rotatable bonds is 7. The average molecular weight is 279 g/mol. The van der Waals surface area contributed by atoms with Gasteiger partial charge in [-0.25, -0.2) is 0 Å². The first-order valence-electron chi connectivity index (χ1n) is 6.66. The third-order valence-electron chi connectivity index (χ3n) is 3.32. The monoisotopic (exact) mass is 279 g/mol. The minimum absolute atomic E-state index is 0.0911. The fourth-order valence-corrected chi connectivity index (χ4v) is 2.53. The van der Waals surface area contributed by atoms with Crippen LogP contribution in [0.1, 0.15) is 24.8 Å². The molecule has 2 rings (SSSR count). The Morgan fingerprint density at radius 2 is 2.21 bits per heavy atom. The average Bonchev–Trinajstić information content (AvgIpc) is 3.27. The number of pyridine rings is 1. The molecule has 1 heterocycles. The molecule has 0 aliphatic heterocycles. The van der Waals surface area contributed by atoms with Crippen LogP contribution in [0.15, 0.2) is 24.5 Å². The number of thioether (sulfide) groups is 1. The van der Waals surface area contributed by atoms with Crippen LogP contribution >= 0.6 is 11.8 Å². The number of hydrogen-bond donors (Lipinski definition) is 1. The van der Waals surface area contributed by atoms with Gasteiger partial charge in [0.1, 0.15) is 0 Å². The van der Waals surface area contributed by atoms with Crippen molar-refractivity contribution in [1.29, 1.82) is 0 Å². The highest BCUT2D eigenvalue weighted by atomic mass is 32.2. The van der Waals surface area contributed by atoms with Gasteiger partial charge in [0.2, 0.25) is 5.91 Å². The molecule has 0 bridgehead atoms. The molecule has 0 spiro atoms. The first-order valence-corrected chi connectivity index (χ1v) is 8.05. The highest BCUT2D eigenvalue weighted by Gasteiger charge is 2.34. The molecule has 1 atom stereocenters. The molecule has 1 fully saturated rings. The minimum atomic E-state index is -0.366. The van der Waals surface area contributed by atoms with Gasteiger partial charge in [-0.15, -0.1) is 0 Å². The van der Waals surface area contributed by atoms with E-state index in [1.165, 1.54) is 0 Å². The second-order valence-corrected chi connectivity index (χ2v) is 5.93. The second-order valence-electron chi connectivity index (χ2n) is 4.94. The van der Waals surface area contributed by atoms with Crippen LogP contribution in [0.2, 0.25) is 0 Å². The van der Waals surface area contributed by atoms with E-state index in [1.807, 2.05) is 23.3 Å². The molecular formula is C14H21N3OS. The maximum absolute atomic E-state index is 12.4. The summed E-state index contributed by atoms with van der Waals surface area (Å²) in [5, 5.41) is 0. The Labute approximate surface area is 118 Å². The summed E-state index contributed by atoms with van der Waals surface area (Å²) in [6.45, 7) is 0.652. The van der Waals surface area contributed by atoms with E-state index in [4.69, 9.17) is 5.73 Å². The van der Waals surface area contributed by atoms with Gasteiger partial charge >= 0.3 is 0 Å². The lowest BCUT2D eigenvalue weighted by Crippen LogP contribution is -2.44. The standard InChI is InChI=1S/C14H21N3OS/c1-19-9-6-13(15)14(18)17(12-2-3-12)10-11-4-7-16-8-5-11/h4-5,7-8,12-13H,2-3,6,9-10,15H2,1H3/t13-/m1/s1. The summed E-state index contributed by atoms with van der Waals surface area (Å²) in [5.41, 5.74) is 7.12. The fourth-order valence-electron chi connectivity index (χ4n) is 2.04. The zero-order valence-corrected chi connectivity index (χ0v) is 12.1. The Kier molecular flexibility index (Phi) is 5.22. The number of carbonyl (C=O) groups excluding carboxylic acids is 1. The third-order valence-corrected chi connectivity index (χ3v) is 3.97. The Morgan fingerprint density at radius 1 is 1.53 bits per heavy atom. The van der Waals surface area contributed by atoms with E-state index in [0.29, 0.717) is 12.6 Å². The first-order chi connectivity index (χ1) is 9.22. The summed E-state index contributed by atoms with van der Waals surface area (Å²) < 4.78 is 0. The van der Waals surface area contributed by atoms with Crippen LogP contribution in [0.25, 0.3) is 0 Å². The molecule has 2 N–H and O–H groups in total. The van der Waals surface area contributed by atoms with Gasteiger partial charge < -0.3 is 10.6 Å². The number of nitrogens with zero attached hydrogens (tertiary/aromatic N) is 2. The second kappa shape index (κ2) is 6.91. The Morgan fingerprint density at radius 3 is 2.79 bits per heavy atom. The molecule has 19 heavy (non-hydrogen) atoms. The predicted molar refractivity (Wildman–Crippen MR) is 78.8 cm³/mol. The van der Waals surface area contributed by atoms with Gasteiger partial charge in [-0.1, -0.05) is 0 Å². The quantitative estimate of drug-likeness (QED) is 0.824. The molecule has 0 saturated heterocycles. The summed E-state index contributed by atoms with van der Waals surface area (Å²) >= 11 is 1.73. The largest absolute Gasteiger partial charge is 0.334 e. The molecule has 1 aliphatic rings. The van der Waals surface area contributed by atoms with Crippen LogP contribution in [-0.2, 0) is 11.3 Å². The predicted octanol–water partition coefficient (Wildman–Crippen LogP) is 1.65. The summed E-state index contributed by atoms with van der Waals surface area (Å²) in [6.07, 6.45) is 8.52. The topological polar surface area (TPSA) is 59.2 Å². The lowest BCUT2D eigenvalue weighted by molar-refractivity contribution is -0.133. The summed E-state index contributed by atoms with van der Waals surface area (Å²) in [5.74, 6) is 1.02. The molecule has 0 aromatic carbocycles. The smallest absolute Gasteiger partial charge is 0.240 e. The molecule has 5 heteroatoms. The van der Waals surface area contributed by atoms with Gasteiger partial charge in [-0.05, 0) is 49.0 Å². The zero-order valence-electron chi connectivity index (χ0n) is 11.3. The van der Waals surface area contributed by atoms with Crippen molar-refractivity contribution in [2.75, 3.05) is 12.0 Å². The van der Waals surface area contributed by atoms with Crippen molar-refractivity contribution < 1.29 is 4.79 Å². The molecule has 1 saturated carbocycles. The molecule has 4 nitrogen and oxygen atoms in total. The van der Waals surface area contributed by atoms with Crippen molar-refractivity contribution >= 4 is 17.7 Å². The van der Waals surface area contributed by atoms with Crippen molar-refractivity contribution in [3.8, 4) is 0 Å².